The third-order valence-electron chi connectivity index (χ3n) is 3.82. The molecule has 1 aliphatic heterocycles. The van der Waals surface area contributed by atoms with Crippen LogP contribution in [0.15, 0.2) is 0 Å². The van der Waals surface area contributed by atoms with Crippen molar-refractivity contribution in [1.29, 1.82) is 0 Å². The fraction of sp³-hybridized carbons (Fsp3) is 1.00. The molecule has 3 atom stereocenters. The summed E-state index contributed by atoms with van der Waals surface area (Å²) in [7, 11) is 0. The minimum absolute atomic E-state index is 0.232. The van der Waals surface area contributed by atoms with Gasteiger partial charge in [0.25, 0.3) is 0 Å². The Morgan fingerprint density at radius 2 is 2.12 bits per heavy atom. The van der Waals surface area contributed by atoms with Crippen LogP contribution in [0.3, 0.4) is 0 Å². The van der Waals surface area contributed by atoms with Crippen molar-refractivity contribution >= 4 is 0 Å². The molecular formula is C13H25NO2. The fourth-order valence-electron chi connectivity index (χ4n) is 2.79. The van der Waals surface area contributed by atoms with Crippen LogP contribution in [-0.2, 0) is 9.47 Å². The molecule has 3 unspecified atom stereocenters. The van der Waals surface area contributed by atoms with Gasteiger partial charge in [-0.25, -0.2) is 0 Å². The van der Waals surface area contributed by atoms with Crippen LogP contribution < -0.4 is 5.32 Å². The summed E-state index contributed by atoms with van der Waals surface area (Å²) in [6, 6.07) is 0.706. The molecule has 1 aliphatic carbocycles. The first-order chi connectivity index (χ1) is 7.59. The van der Waals surface area contributed by atoms with E-state index in [1.165, 1.54) is 25.7 Å². The van der Waals surface area contributed by atoms with Gasteiger partial charge in [-0.1, -0.05) is 13.3 Å². The lowest BCUT2D eigenvalue weighted by Crippen LogP contribution is -2.36. The monoisotopic (exact) mass is 227 g/mol. The van der Waals surface area contributed by atoms with E-state index < -0.39 is 0 Å². The van der Waals surface area contributed by atoms with Crippen LogP contribution in [-0.4, -0.2) is 31.1 Å². The molecule has 16 heavy (non-hydrogen) atoms. The third kappa shape index (κ3) is 3.19. The summed E-state index contributed by atoms with van der Waals surface area (Å²) < 4.78 is 11.3. The maximum Gasteiger partial charge on any atom is 0.163 e. The Morgan fingerprint density at radius 1 is 1.31 bits per heavy atom. The molecule has 0 aromatic carbocycles. The molecule has 1 heterocycles. The number of hydrogen-bond acceptors (Lipinski definition) is 3. The first-order valence-corrected chi connectivity index (χ1v) is 6.64. The largest absolute Gasteiger partial charge is 0.348 e. The lowest BCUT2D eigenvalue weighted by atomic mass is 10.1. The van der Waals surface area contributed by atoms with Crippen molar-refractivity contribution in [3.05, 3.63) is 0 Å². The highest BCUT2D eigenvalue weighted by atomic mass is 16.7. The second-order valence-electron chi connectivity index (χ2n) is 5.64. The van der Waals surface area contributed by atoms with Crippen molar-refractivity contribution in [2.45, 2.75) is 64.4 Å². The van der Waals surface area contributed by atoms with E-state index >= 15 is 0 Å². The molecule has 3 nitrogen and oxygen atoms in total. The molecule has 0 bridgehead atoms. The molecule has 0 radical (unpaired) electrons. The van der Waals surface area contributed by atoms with Gasteiger partial charge in [-0.15, -0.1) is 0 Å². The summed E-state index contributed by atoms with van der Waals surface area (Å²) in [5.41, 5.74) is 0. The lowest BCUT2D eigenvalue weighted by molar-refractivity contribution is -0.137. The van der Waals surface area contributed by atoms with E-state index in [-0.39, 0.29) is 11.9 Å². The summed E-state index contributed by atoms with van der Waals surface area (Å²) in [5.74, 6) is 0.559. The Labute approximate surface area is 98.9 Å². The molecule has 94 valence electrons. The Balaban J connectivity index is 1.65. The van der Waals surface area contributed by atoms with E-state index in [0.29, 0.717) is 6.04 Å². The van der Waals surface area contributed by atoms with E-state index in [9.17, 15) is 0 Å². The first-order valence-electron chi connectivity index (χ1n) is 6.64. The van der Waals surface area contributed by atoms with Gasteiger partial charge in [0, 0.05) is 12.6 Å². The van der Waals surface area contributed by atoms with E-state index in [2.05, 4.69) is 12.2 Å². The number of nitrogens with one attached hydrogen (secondary N) is 1. The van der Waals surface area contributed by atoms with Crippen LogP contribution in [0.1, 0.15) is 46.5 Å². The van der Waals surface area contributed by atoms with Gasteiger partial charge >= 0.3 is 0 Å². The lowest BCUT2D eigenvalue weighted by Gasteiger charge is -2.19. The molecule has 1 N–H and O–H groups in total. The molecule has 1 saturated heterocycles. The maximum absolute atomic E-state index is 5.78. The molecule has 2 rings (SSSR count). The molecule has 0 spiro atoms. The second kappa shape index (κ2) is 5.03. The standard InChI is InChI=1S/C13H25NO2/c1-4-10-5-6-11(7-10)14-8-12-9-15-13(2,3)16-12/h10-12,14H,4-9H2,1-3H3. The van der Waals surface area contributed by atoms with Crippen LogP contribution in [0, 0.1) is 5.92 Å². The number of ether oxygens (including phenoxy) is 2. The topological polar surface area (TPSA) is 30.5 Å². The fourth-order valence-corrected chi connectivity index (χ4v) is 2.79. The number of hydrogen-bond donors (Lipinski definition) is 1. The van der Waals surface area contributed by atoms with Crippen molar-refractivity contribution in [2.75, 3.05) is 13.2 Å². The zero-order chi connectivity index (χ0) is 11.6. The van der Waals surface area contributed by atoms with Gasteiger partial charge in [-0.2, -0.15) is 0 Å². The van der Waals surface area contributed by atoms with Crippen molar-refractivity contribution in [2.24, 2.45) is 5.92 Å². The quantitative estimate of drug-likeness (QED) is 0.799. The summed E-state index contributed by atoms with van der Waals surface area (Å²) in [5, 5.41) is 3.62. The highest BCUT2D eigenvalue weighted by molar-refractivity contribution is 4.82. The minimum atomic E-state index is -0.381. The summed E-state index contributed by atoms with van der Waals surface area (Å²) in [4.78, 5) is 0. The average Bonchev–Trinajstić information content (AvgIpc) is 2.81. The van der Waals surface area contributed by atoms with Crippen LogP contribution in [0.5, 0.6) is 0 Å². The van der Waals surface area contributed by atoms with Gasteiger partial charge in [0.1, 0.15) is 0 Å². The predicted octanol–water partition coefficient (Wildman–Crippen LogP) is 2.31. The van der Waals surface area contributed by atoms with E-state index in [0.717, 1.165) is 19.1 Å². The highest BCUT2D eigenvalue weighted by Gasteiger charge is 2.33. The van der Waals surface area contributed by atoms with Gasteiger partial charge in [-0.05, 0) is 39.0 Å². The van der Waals surface area contributed by atoms with Crippen molar-refractivity contribution in [1.82, 2.24) is 5.32 Å². The van der Waals surface area contributed by atoms with Crippen molar-refractivity contribution in [3.8, 4) is 0 Å². The SMILES string of the molecule is CCC1CCC(NCC2COC(C)(C)O2)C1. The molecule has 1 saturated carbocycles. The maximum atomic E-state index is 5.78. The Kier molecular flexibility index (Phi) is 3.88. The molecule has 0 aromatic heterocycles. The predicted molar refractivity (Wildman–Crippen MR) is 64.3 cm³/mol. The first kappa shape index (κ1) is 12.3. The smallest absolute Gasteiger partial charge is 0.163 e. The normalized spacial score (nSPS) is 38.1. The van der Waals surface area contributed by atoms with E-state index in [1.807, 2.05) is 13.8 Å². The van der Waals surface area contributed by atoms with Crippen LogP contribution >= 0.6 is 0 Å². The summed E-state index contributed by atoms with van der Waals surface area (Å²) in [6.45, 7) is 7.92. The van der Waals surface area contributed by atoms with E-state index in [1.54, 1.807) is 0 Å². The molecule has 0 aromatic rings. The third-order valence-corrected chi connectivity index (χ3v) is 3.82. The van der Waals surface area contributed by atoms with Crippen LogP contribution in [0.25, 0.3) is 0 Å². The van der Waals surface area contributed by atoms with Gasteiger partial charge in [0.15, 0.2) is 5.79 Å². The highest BCUT2D eigenvalue weighted by Crippen LogP contribution is 2.28. The van der Waals surface area contributed by atoms with Crippen molar-refractivity contribution < 1.29 is 9.47 Å². The summed E-state index contributed by atoms with van der Waals surface area (Å²) in [6.07, 6.45) is 5.62. The molecule has 2 aliphatic rings. The van der Waals surface area contributed by atoms with E-state index in [4.69, 9.17) is 9.47 Å². The Hall–Kier alpha value is -0.120. The number of rotatable bonds is 4. The summed E-state index contributed by atoms with van der Waals surface area (Å²) >= 11 is 0. The van der Waals surface area contributed by atoms with Gasteiger partial charge in [0.2, 0.25) is 0 Å². The van der Waals surface area contributed by atoms with Crippen molar-refractivity contribution in [3.63, 3.8) is 0 Å². The molecule has 3 heteroatoms. The Bertz CT molecular complexity index is 230. The molecular weight excluding hydrogens is 202 g/mol. The average molecular weight is 227 g/mol. The van der Waals surface area contributed by atoms with Crippen LogP contribution in [0.2, 0.25) is 0 Å². The van der Waals surface area contributed by atoms with Gasteiger partial charge in [-0.3, -0.25) is 0 Å². The zero-order valence-corrected chi connectivity index (χ0v) is 10.8. The van der Waals surface area contributed by atoms with Gasteiger partial charge in [0.05, 0.1) is 12.7 Å². The second-order valence-corrected chi connectivity index (χ2v) is 5.64. The van der Waals surface area contributed by atoms with Crippen LogP contribution in [0.4, 0.5) is 0 Å². The Morgan fingerprint density at radius 3 is 2.69 bits per heavy atom. The van der Waals surface area contributed by atoms with Gasteiger partial charge < -0.3 is 14.8 Å². The zero-order valence-electron chi connectivity index (χ0n) is 10.8. The molecule has 0 amide bonds. The molecule has 2 fully saturated rings. The minimum Gasteiger partial charge on any atom is -0.348 e.